The average molecular weight is 493 g/mol. The maximum absolute atomic E-state index is 13.8. The number of carbonyl (C=O) groups excluding carboxylic acids is 1. The van der Waals surface area contributed by atoms with Crippen molar-refractivity contribution in [3.8, 4) is 5.75 Å². The van der Waals surface area contributed by atoms with Gasteiger partial charge in [-0.1, -0.05) is 34.4 Å². The number of ether oxygens (including phenoxy) is 1. The predicted molar refractivity (Wildman–Crippen MR) is 118 cm³/mol. The van der Waals surface area contributed by atoms with E-state index in [9.17, 15) is 13.6 Å². The van der Waals surface area contributed by atoms with Gasteiger partial charge in [-0.2, -0.15) is 5.10 Å². The van der Waals surface area contributed by atoms with Crippen molar-refractivity contribution < 1.29 is 22.8 Å². The third-order valence-electron chi connectivity index (χ3n) is 4.70. The molecular formula is C22H16Cl2F2N4O3. The molecule has 0 aliphatic rings. The Balaban J connectivity index is 1.44. The summed E-state index contributed by atoms with van der Waals surface area (Å²) in [4.78, 5) is 12.7. The summed E-state index contributed by atoms with van der Waals surface area (Å²) in [7, 11) is 0. The molecule has 170 valence electrons. The van der Waals surface area contributed by atoms with Crippen LogP contribution in [0.15, 0.2) is 53.2 Å². The zero-order valence-corrected chi connectivity index (χ0v) is 18.6. The predicted octanol–water partition coefficient (Wildman–Crippen LogP) is 5.64. The first-order valence-electron chi connectivity index (χ1n) is 9.62. The van der Waals surface area contributed by atoms with Gasteiger partial charge in [0, 0.05) is 28.4 Å². The van der Waals surface area contributed by atoms with Crippen LogP contribution in [0.4, 0.5) is 14.6 Å². The zero-order valence-electron chi connectivity index (χ0n) is 17.1. The van der Waals surface area contributed by atoms with Gasteiger partial charge >= 0.3 is 0 Å². The number of nitrogens with one attached hydrogen (secondary N) is 1. The maximum Gasteiger partial charge on any atom is 0.279 e. The number of halogens is 4. The number of rotatable bonds is 7. The average Bonchev–Trinajstić information content (AvgIpc) is 3.35. The molecule has 0 radical (unpaired) electrons. The number of nitrogens with zero attached hydrogens (tertiary/aromatic N) is 3. The van der Waals surface area contributed by atoms with Gasteiger partial charge in [-0.05, 0) is 36.8 Å². The molecule has 0 spiro atoms. The summed E-state index contributed by atoms with van der Waals surface area (Å²) in [5.74, 6) is -1.73. The number of amides is 1. The smallest absolute Gasteiger partial charge is 0.279 e. The number of hydrogen-bond donors (Lipinski definition) is 1. The first-order chi connectivity index (χ1) is 15.8. The molecule has 0 saturated carbocycles. The van der Waals surface area contributed by atoms with Gasteiger partial charge in [0.05, 0.1) is 12.1 Å². The molecule has 2 heterocycles. The van der Waals surface area contributed by atoms with Crippen molar-refractivity contribution >= 4 is 34.9 Å². The minimum atomic E-state index is -0.860. The van der Waals surface area contributed by atoms with Crippen LogP contribution >= 0.6 is 23.2 Å². The molecule has 2 aromatic heterocycles. The van der Waals surface area contributed by atoms with Gasteiger partial charge in [0.1, 0.15) is 18.2 Å². The number of carbonyl (C=O) groups is 1. The van der Waals surface area contributed by atoms with Crippen molar-refractivity contribution in [2.24, 2.45) is 0 Å². The summed E-state index contributed by atoms with van der Waals surface area (Å²) in [6.07, 6.45) is 1.68. The summed E-state index contributed by atoms with van der Waals surface area (Å²) in [6, 6.07) is 9.70. The zero-order chi connectivity index (χ0) is 23.5. The Morgan fingerprint density at radius 2 is 2.00 bits per heavy atom. The van der Waals surface area contributed by atoms with Crippen molar-refractivity contribution in [3.05, 3.63) is 92.9 Å². The molecule has 1 N–H and O–H groups in total. The Morgan fingerprint density at radius 3 is 2.76 bits per heavy atom. The van der Waals surface area contributed by atoms with Crippen LogP contribution in [0.3, 0.4) is 0 Å². The lowest BCUT2D eigenvalue weighted by molar-refractivity contribution is 0.101. The largest absolute Gasteiger partial charge is 0.486 e. The van der Waals surface area contributed by atoms with Crippen molar-refractivity contribution in [1.82, 2.24) is 14.9 Å². The molecular weight excluding hydrogens is 477 g/mol. The first-order valence-corrected chi connectivity index (χ1v) is 10.4. The van der Waals surface area contributed by atoms with Crippen LogP contribution in [0.25, 0.3) is 0 Å². The number of aromatic nitrogens is 3. The highest BCUT2D eigenvalue weighted by Crippen LogP contribution is 2.23. The number of aryl methyl sites for hydroxylation is 1. The van der Waals surface area contributed by atoms with E-state index in [2.05, 4.69) is 15.6 Å². The molecule has 2 aromatic carbocycles. The second-order valence-electron chi connectivity index (χ2n) is 7.02. The van der Waals surface area contributed by atoms with Gasteiger partial charge in [0.15, 0.2) is 23.1 Å². The summed E-state index contributed by atoms with van der Waals surface area (Å²) in [5.41, 5.74) is 1.09. The molecule has 11 heteroatoms. The highest BCUT2D eigenvalue weighted by atomic mass is 35.5. The first kappa shape index (κ1) is 22.8. The van der Waals surface area contributed by atoms with E-state index in [-0.39, 0.29) is 23.9 Å². The molecule has 0 fully saturated rings. The summed E-state index contributed by atoms with van der Waals surface area (Å²) >= 11 is 12.1. The highest BCUT2D eigenvalue weighted by molar-refractivity contribution is 6.35. The fourth-order valence-electron chi connectivity index (χ4n) is 3.00. The molecule has 0 aliphatic carbocycles. The van der Waals surface area contributed by atoms with E-state index in [1.54, 1.807) is 42.1 Å². The molecule has 33 heavy (non-hydrogen) atoms. The van der Waals surface area contributed by atoms with Gasteiger partial charge in [0.2, 0.25) is 0 Å². The van der Waals surface area contributed by atoms with Crippen LogP contribution in [0, 0.1) is 18.6 Å². The summed E-state index contributed by atoms with van der Waals surface area (Å²) in [6.45, 7) is 1.76. The summed E-state index contributed by atoms with van der Waals surface area (Å²) < 4.78 is 39.0. The number of benzene rings is 2. The molecule has 7 nitrogen and oxygen atoms in total. The highest BCUT2D eigenvalue weighted by Gasteiger charge is 2.22. The van der Waals surface area contributed by atoms with Crippen molar-refractivity contribution in [2.75, 3.05) is 5.32 Å². The quantitative estimate of drug-likeness (QED) is 0.360. The topological polar surface area (TPSA) is 82.2 Å². The van der Waals surface area contributed by atoms with E-state index in [1.807, 2.05) is 0 Å². The molecule has 0 atom stereocenters. The fraction of sp³-hybridized carbons (Fsp3) is 0.136. The lowest BCUT2D eigenvalue weighted by Crippen LogP contribution is -2.16. The van der Waals surface area contributed by atoms with Crippen molar-refractivity contribution in [2.45, 2.75) is 20.1 Å². The molecule has 0 unspecified atom stereocenters. The van der Waals surface area contributed by atoms with Crippen LogP contribution < -0.4 is 10.1 Å². The third-order valence-corrected chi connectivity index (χ3v) is 5.28. The molecule has 1 amide bonds. The van der Waals surface area contributed by atoms with Crippen LogP contribution in [-0.4, -0.2) is 20.8 Å². The van der Waals surface area contributed by atoms with Crippen LogP contribution in [0.2, 0.25) is 10.0 Å². The lowest BCUT2D eigenvalue weighted by Gasteiger charge is -2.08. The van der Waals surface area contributed by atoms with Crippen molar-refractivity contribution in [1.29, 1.82) is 0 Å². The van der Waals surface area contributed by atoms with Gasteiger partial charge in [0.25, 0.3) is 5.91 Å². The van der Waals surface area contributed by atoms with Crippen LogP contribution in [-0.2, 0) is 13.2 Å². The van der Waals surface area contributed by atoms with Gasteiger partial charge < -0.3 is 14.6 Å². The van der Waals surface area contributed by atoms with E-state index in [0.29, 0.717) is 34.0 Å². The van der Waals surface area contributed by atoms with E-state index in [4.69, 9.17) is 32.5 Å². The maximum atomic E-state index is 13.8. The van der Waals surface area contributed by atoms with E-state index in [0.717, 1.165) is 17.7 Å². The Morgan fingerprint density at radius 1 is 1.18 bits per heavy atom. The lowest BCUT2D eigenvalue weighted by atomic mass is 10.2. The standard InChI is InChI=1S/C22H16Cl2F2N4O3/c1-12-16(11-32-19-5-4-15(25)9-18(19)26)21(29-33-12)22(31)27-20-6-7-30(28-20)10-13-2-3-14(23)8-17(13)24/h2-9H,10-11H2,1H3,(H,27,28,31). The van der Waals surface area contributed by atoms with Gasteiger partial charge in [-0.15, -0.1) is 0 Å². The van der Waals surface area contributed by atoms with E-state index in [1.165, 1.54) is 0 Å². The molecule has 0 bridgehead atoms. The SMILES string of the molecule is Cc1onc(C(=O)Nc2ccn(Cc3ccc(Cl)cc3Cl)n2)c1COc1ccc(F)cc1F. The third kappa shape index (κ3) is 5.32. The molecule has 4 aromatic rings. The molecule has 0 aliphatic heterocycles. The van der Waals surface area contributed by atoms with E-state index >= 15 is 0 Å². The Bertz CT molecular complexity index is 1320. The van der Waals surface area contributed by atoms with Crippen LogP contribution in [0.5, 0.6) is 5.75 Å². The minimum absolute atomic E-state index is 0.0367. The Hall–Kier alpha value is -3.43. The van der Waals surface area contributed by atoms with Crippen molar-refractivity contribution in [3.63, 3.8) is 0 Å². The second kappa shape index (κ2) is 9.60. The normalized spacial score (nSPS) is 10.9. The number of hydrogen-bond acceptors (Lipinski definition) is 5. The van der Waals surface area contributed by atoms with Gasteiger partial charge in [-0.25, -0.2) is 8.78 Å². The van der Waals surface area contributed by atoms with Gasteiger partial charge in [-0.3, -0.25) is 9.48 Å². The van der Waals surface area contributed by atoms with E-state index < -0.39 is 17.5 Å². The Labute approximate surface area is 196 Å². The Kier molecular flexibility index (Phi) is 6.62. The summed E-state index contributed by atoms with van der Waals surface area (Å²) in [5, 5.41) is 11.7. The van der Waals surface area contributed by atoms with Crippen LogP contribution in [0.1, 0.15) is 27.4 Å². The molecule has 4 rings (SSSR count). The number of anilines is 1. The second-order valence-corrected chi connectivity index (χ2v) is 7.86. The monoisotopic (exact) mass is 492 g/mol. The minimum Gasteiger partial charge on any atom is -0.486 e. The molecule has 0 saturated heterocycles. The fourth-order valence-corrected chi connectivity index (χ4v) is 3.47.